The van der Waals surface area contributed by atoms with Gasteiger partial charge in [-0.1, -0.05) is 12.1 Å². The Morgan fingerprint density at radius 1 is 1.43 bits per heavy atom. The fourth-order valence-electron chi connectivity index (χ4n) is 2.22. The summed E-state index contributed by atoms with van der Waals surface area (Å²) >= 11 is 1.47. The average molecular weight is 310 g/mol. The van der Waals surface area contributed by atoms with E-state index in [1.54, 1.807) is 32.2 Å². The number of para-hydroxylation sites is 1. The van der Waals surface area contributed by atoms with E-state index in [0.29, 0.717) is 17.3 Å². The number of likely N-dealkylation sites (N-methyl/N-ethyl adjacent to an activating group) is 1. The quantitative estimate of drug-likeness (QED) is 0.879. The topological polar surface area (TPSA) is 67.9 Å². The molecule has 0 saturated carbocycles. The zero-order valence-electron chi connectivity index (χ0n) is 12.2. The van der Waals surface area contributed by atoms with Crippen molar-refractivity contribution in [1.82, 2.24) is 10.2 Å². The lowest BCUT2D eigenvalue weighted by Gasteiger charge is -2.25. The smallest absolute Gasteiger partial charge is 0.239 e. The predicted molar refractivity (Wildman–Crippen MR) is 80.5 cm³/mol. The van der Waals surface area contributed by atoms with E-state index in [1.807, 2.05) is 12.1 Å². The fraction of sp³-hybridized carbons (Fsp3) is 0.429. The zero-order chi connectivity index (χ0) is 15.4. The number of ether oxygens (including phenoxy) is 2. The van der Waals surface area contributed by atoms with Crippen LogP contribution >= 0.6 is 11.8 Å². The molecule has 1 unspecified atom stereocenters. The molecule has 1 aromatic rings. The first-order chi connectivity index (χ1) is 10.1. The Hall–Kier alpha value is -1.89. The Morgan fingerprint density at radius 2 is 2.19 bits per heavy atom. The average Bonchev–Trinajstić information content (AvgIpc) is 2.87. The summed E-state index contributed by atoms with van der Waals surface area (Å²) in [6, 6.07) is 5.53. The van der Waals surface area contributed by atoms with Crippen LogP contribution in [0.3, 0.4) is 0 Å². The maximum Gasteiger partial charge on any atom is 0.239 e. The summed E-state index contributed by atoms with van der Waals surface area (Å²) in [7, 11) is 4.68. The van der Waals surface area contributed by atoms with E-state index < -0.39 is 0 Å². The molecule has 0 spiro atoms. The Balaban J connectivity index is 2.35. The Labute approximate surface area is 127 Å². The molecule has 21 heavy (non-hydrogen) atoms. The van der Waals surface area contributed by atoms with E-state index in [4.69, 9.17) is 9.47 Å². The van der Waals surface area contributed by atoms with Gasteiger partial charge in [0.25, 0.3) is 0 Å². The molecule has 1 fully saturated rings. The highest BCUT2D eigenvalue weighted by molar-refractivity contribution is 8.00. The van der Waals surface area contributed by atoms with Crippen LogP contribution in [0.1, 0.15) is 10.9 Å². The third-order valence-corrected chi connectivity index (χ3v) is 4.50. The van der Waals surface area contributed by atoms with Gasteiger partial charge in [0, 0.05) is 12.6 Å². The maximum atomic E-state index is 12.0. The van der Waals surface area contributed by atoms with Crippen LogP contribution in [0.5, 0.6) is 11.5 Å². The summed E-state index contributed by atoms with van der Waals surface area (Å²) in [5, 5.41) is 2.29. The summed E-state index contributed by atoms with van der Waals surface area (Å²) in [5.41, 5.74) is 0.830. The van der Waals surface area contributed by atoms with Crippen LogP contribution in [0.25, 0.3) is 0 Å². The molecule has 1 heterocycles. The van der Waals surface area contributed by atoms with Crippen LogP contribution in [0.2, 0.25) is 0 Å². The first-order valence-corrected chi connectivity index (χ1v) is 7.49. The normalized spacial score (nSPS) is 17.8. The summed E-state index contributed by atoms with van der Waals surface area (Å²) in [5.74, 6) is 1.29. The van der Waals surface area contributed by atoms with E-state index in [-0.39, 0.29) is 23.7 Å². The molecule has 2 rings (SSSR count). The highest BCUT2D eigenvalue weighted by Crippen LogP contribution is 2.45. The molecule has 1 N–H and O–H groups in total. The van der Waals surface area contributed by atoms with Crippen LogP contribution in [0, 0.1) is 0 Å². The van der Waals surface area contributed by atoms with Crippen molar-refractivity contribution in [2.24, 2.45) is 0 Å². The molecule has 114 valence electrons. The minimum absolute atomic E-state index is 0.0351. The summed E-state index contributed by atoms with van der Waals surface area (Å²) in [6.07, 6.45) is 0. The number of amides is 2. The second-order valence-electron chi connectivity index (χ2n) is 4.44. The highest BCUT2D eigenvalue weighted by atomic mass is 32.2. The molecule has 1 aliphatic rings. The van der Waals surface area contributed by atoms with Gasteiger partial charge in [-0.05, 0) is 6.07 Å². The number of carbonyl (C=O) groups is 2. The van der Waals surface area contributed by atoms with E-state index in [1.165, 1.54) is 11.8 Å². The molecule has 1 atom stereocenters. The number of nitrogens with zero attached hydrogens (tertiary/aromatic N) is 1. The molecule has 1 saturated heterocycles. The number of thioether (sulfide) groups is 1. The number of rotatable bonds is 5. The van der Waals surface area contributed by atoms with Gasteiger partial charge in [-0.3, -0.25) is 9.59 Å². The number of nitrogens with one attached hydrogen (secondary N) is 1. The predicted octanol–water partition coefficient (Wildman–Crippen LogP) is 1.02. The lowest BCUT2D eigenvalue weighted by atomic mass is 10.1. The summed E-state index contributed by atoms with van der Waals surface area (Å²) in [6.45, 7) is 0.0351. The molecule has 0 aliphatic carbocycles. The Bertz CT molecular complexity index is 550. The van der Waals surface area contributed by atoms with Crippen molar-refractivity contribution < 1.29 is 19.1 Å². The second kappa shape index (κ2) is 6.71. The fourth-order valence-corrected chi connectivity index (χ4v) is 3.43. The van der Waals surface area contributed by atoms with E-state index in [0.717, 1.165) is 5.56 Å². The molecule has 6 nitrogen and oxygen atoms in total. The number of carbonyl (C=O) groups excluding carboxylic acids is 2. The molecule has 0 bridgehead atoms. The van der Waals surface area contributed by atoms with Gasteiger partial charge in [0.1, 0.15) is 11.9 Å². The van der Waals surface area contributed by atoms with Gasteiger partial charge in [-0.2, -0.15) is 0 Å². The molecule has 0 radical (unpaired) electrons. The lowest BCUT2D eigenvalue weighted by Crippen LogP contribution is -2.38. The van der Waals surface area contributed by atoms with Crippen molar-refractivity contribution in [3.05, 3.63) is 23.8 Å². The van der Waals surface area contributed by atoms with E-state index in [9.17, 15) is 9.59 Å². The SMILES string of the molecule is CNC(=O)CN1C(=O)CSC1c1cccc(OC)c1OC. The third kappa shape index (κ3) is 3.07. The van der Waals surface area contributed by atoms with Crippen molar-refractivity contribution in [1.29, 1.82) is 0 Å². The third-order valence-electron chi connectivity index (χ3n) is 3.26. The monoisotopic (exact) mass is 310 g/mol. The van der Waals surface area contributed by atoms with Crippen molar-refractivity contribution in [2.75, 3.05) is 33.6 Å². The van der Waals surface area contributed by atoms with E-state index >= 15 is 0 Å². The standard InChI is InChI=1S/C14H18N2O4S/c1-15-11(17)7-16-12(18)8-21-14(16)9-5-4-6-10(19-2)13(9)20-3/h4-6,14H,7-8H2,1-3H3,(H,15,17). The molecule has 1 aromatic carbocycles. The van der Waals surface area contributed by atoms with Crippen LogP contribution in [0.4, 0.5) is 0 Å². The summed E-state index contributed by atoms with van der Waals surface area (Å²) < 4.78 is 10.7. The minimum Gasteiger partial charge on any atom is -0.493 e. The van der Waals surface area contributed by atoms with E-state index in [2.05, 4.69) is 5.32 Å². The van der Waals surface area contributed by atoms with Gasteiger partial charge in [-0.25, -0.2) is 0 Å². The minimum atomic E-state index is -0.250. The molecule has 7 heteroatoms. The Kier molecular flexibility index (Phi) is 4.95. The maximum absolute atomic E-state index is 12.0. The van der Waals surface area contributed by atoms with Crippen LogP contribution in [-0.4, -0.2) is 50.3 Å². The molecule has 0 aromatic heterocycles. The van der Waals surface area contributed by atoms with Crippen LogP contribution < -0.4 is 14.8 Å². The lowest BCUT2D eigenvalue weighted by molar-refractivity contribution is -0.133. The number of benzene rings is 1. The van der Waals surface area contributed by atoms with Crippen molar-refractivity contribution in [2.45, 2.75) is 5.37 Å². The van der Waals surface area contributed by atoms with Crippen molar-refractivity contribution >= 4 is 23.6 Å². The number of hydrogen-bond donors (Lipinski definition) is 1. The van der Waals surface area contributed by atoms with Crippen molar-refractivity contribution in [3.63, 3.8) is 0 Å². The van der Waals surface area contributed by atoms with Crippen LogP contribution in [0.15, 0.2) is 18.2 Å². The molecular weight excluding hydrogens is 292 g/mol. The van der Waals surface area contributed by atoms with Gasteiger partial charge >= 0.3 is 0 Å². The zero-order valence-corrected chi connectivity index (χ0v) is 13.0. The van der Waals surface area contributed by atoms with Gasteiger partial charge in [0.05, 0.1) is 20.0 Å². The molecule has 1 aliphatic heterocycles. The second-order valence-corrected chi connectivity index (χ2v) is 5.51. The molecule has 2 amide bonds. The first kappa shape index (κ1) is 15.5. The van der Waals surface area contributed by atoms with Gasteiger partial charge in [0.2, 0.25) is 11.8 Å². The van der Waals surface area contributed by atoms with Crippen molar-refractivity contribution in [3.8, 4) is 11.5 Å². The Morgan fingerprint density at radius 3 is 2.81 bits per heavy atom. The molecular formula is C14H18N2O4S. The van der Waals surface area contributed by atoms with Gasteiger partial charge in [0.15, 0.2) is 11.5 Å². The van der Waals surface area contributed by atoms with Gasteiger partial charge in [-0.15, -0.1) is 11.8 Å². The van der Waals surface area contributed by atoms with Gasteiger partial charge < -0.3 is 19.7 Å². The number of hydrogen-bond acceptors (Lipinski definition) is 5. The summed E-state index contributed by atoms with van der Waals surface area (Å²) in [4.78, 5) is 25.2. The highest BCUT2D eigenvalue weighted by Gasteiger charge is 2.36. The largest absolute Gasteiger partial charge is 0.493 e. The first-order valence-electron chi connectivity index (χ1n) is 6.45. The number of methoxy groups -OCH3 is 2. The van der Waals surface area contributed by atoms with Crippen LogP contribution in [-0.2, 0) is 9.59 Å².